The highest BCUT2D eigenvalue weighted by molar-refractivity contribution is 9.10. The zero-order chi connectivity index (χ0) is 14.9. The molecule has 0 spiro atoms. The summed E-state index contributed by atoms with van der Waals surface area (Å²) in [6.07, 6.45) is -3.61. The second-order valence-electron chi connectivity index (χ2n) is 4.35. The number of alkyl halides is 3. The molecule has 0 saturated carbocycles. The number of benzene rings is 1. The summed E-state index contributed by atoms with van der Waals surface area (Å²) < 4.78 is 51.0. The minimum Gasteiger partial charge on any atom is -0.335 e. The summed E-state index contributed by atoms with van der Waals surface area (Å²) in [6.45, 7) is -0.163. The monoisotopic (exact) mass is 351 g/mol. The van der Waals surface area contributed by atoms with Gasteiger partial charge in [-0.05, 0) is 40.5 Å². The summed E-state index contributed by atoms with van der Waals surface area (Å²) in [5.41, 5.74) is -0.520. The van der Waals surface area contributed by atoms with Crippen LogP contribution in [-0.2, 0) is 0 Å². The van der Waals surface area contributed by atoms with Gasteiger partial charge in [0.05, 0.1) is 5.56 Å². The van der Waals surface area contributed by atoms with Crippen molar-refractivity contribution in [2.75, 3.05) is 13.1 Å². The van der Waals surface area contributed by atoms with Crippen molar-refractivity contribution >= 4 is 21.8 Å². The molecule has 1 aliphatic rings. The van der Waals surface area contributed by atoms with Crippen LogP contribution < -0.4 is 0 Å². The topological polar surface area (TPSA) is 20.3 Å². The Hall–Kier alpha value is -1.37. The van der Waals surface area contributed by atoms with E-state index in [1.807, 2.05) is 0 Å². The zero-order valence-electron chi connectivity index (χ0n) is 10.2. The standard InChI is InChI=1S/C13H10BrF4NO/c14-11-2-1-9(15)7-10(11)12(20)19-5-3-8(4-6-19)13(16,17)18/h1-3,7H,4-6H2. The summed E-state index contributed by atoms with van der Waals surface area (Å²) in [5, 5.41) is 0. The maximum Gasteiger partial charge on any atom is 0.412 e. The number of carbonyl (C=O) groups excluding carboxylic acids is 1. The molecule has 0 aromatic heterocycles. The van der Waals surface area contributed by atoms with Crippen LogP contribution in [0, 0.1) is 5.82 Å². The fraction of sp³-hybridized carbons (Fsp3) is 0.308. The van der Waals surface area contributed by atoms with E-state index in [1.165, 1.54) is 17.0 Å². The average Bonchev–Trinajstić information content (AvgIpc) is 2.40. The van der Waals surface area contributed by atoms with Crippen molar-refractivity contribution in [3.8, 4) is 0 Å². The van der Waals surface area contributed by atoms with Gasteiger partial charge in [0.1, 0.15) is 5.82 Å². The molecule has 0 radical (unpaired) electrons. The Morgan fingerprint density at radius 3 is 2.55 bits per heavy atom. The first-order valence-electron chi connectivity index (χ1n) is 5.79. The molecule has 20 heavy (non-hydrogen) atoms. The first-order chi connectivity index (χ1) is 9.29. The SMILES string of the molecule is O=C(c1cc(F)ccc1Br)N1CC=C(C(F)(F)F)CC1. The molecule has 0 saturated heterocycles. The number of amides is 1. The van der Waals surface area contributed by atoms with E-state index in [0.717, 1.165) is 12.1 Å². The van der Waals surface area contributed by atoms with Crippen LogP contribution in [0.1, 0.15) is 16.8 Å². The van der Waals surface area contributed by atoms with Gasteiger partial charge in [0.15, 0.2) is 0 Å². The highest BCUT2D eigenvalue weighted by Gasteiger charge is 2.35. The van der Waals surface area contributed by atoms with Crippen molar-refractivity contribution in [3.05, 3.63) is 45.7 Å². The molecule has 0 N–H and O–H groups in total. The van der Waals surface area contributed by atoms with Crippen molar-refractivity contribution in [1.29, 1.82) is 0 Å². The number of rotatable bonds is 1. The Bertz CT molecular complexity index is 568. The number of hydrogen-bond donors (Lipinski definition) is 0. The van der Waals surface area contributed by atoms with Crippen molar-refractivity contribution in [2.45, 2.75) is 12.6 Å². The molecule has 108 valence electrons. The van der Waals surface area contributed by atoms with Gasteiger partial charge >= 0.3 is 6.18 Å². The summed E-state index contributed by atoms with van der Waals surface area (Å²) in [7, 11) is 0. The first-order valence-corrected chi connectivity index (χ1v) is 6.59. The number of nitrogens with zero attached hydrogens (tertiary/aromatic N) is 1. The molecule has 7 heteroatoms. The Morgan fingerprint density at radius 2 is 2.00 bits per heavy atom. The molecule has 0 bridgehead atoms. The normalized spacial score (nSPS) is 16.1. The van der Waals surface area contributed by atoms with E-state index < -0.39 is 23.5 Å². The molecule has 1 aromatic rings. The van der Waals surface area contributed by atoms with Crippen molar-refractivity contribution in [3.63, 3.8) is 0 Å². The van der Waals surface area contributed by atoms with Gasteiger partial charge < -0.3 is 4.90 Å². The molecule has 0 atom stereocenters. The number of carbonyl (C=O) groups is 1. The summed E-state index contributed by atoms with van der Waals surface area (Å²) >= 11 is 3.13. The van der Waals surface area contributed by atoms with Gasteiger partial charge in [-0.1, -0.05) is 6.08 Å². The van der Waals surface area contributed by atoms with Gasteiger partial charge in [0.25, 0.3) is 5.91 Å². The van der Waals surface area contributed by atoms with Crippen LogP contribution in [0.3, 0.4) is 0 Å². The van der Waals surface area contributed by atoms with E-state index in [-0.39, 0.29) is 25.1 Å². The van der Waals surface area contributed by atoms with E-state index in [9.17, 15) is 22.4 Å². The highest BCUT2D eigenvalue weighted by Crippen LogP contribution is 2.31. The van der Waals surface area contributed by atoms with Gasteiger partial charge in [0.2, 0.25) is 0 Å². The highest BCUT2D eigenvalue weighted by atomic mass is 79.9. The second kappa shape index (κ2) is 5.55. The molecule has 1 aromatic carbocycles. The predicted octanol–water partition coefficient (Wildman–Crippen LogP) is 3.92. The average molecular weight is 352 g/mol. The Labute approximate surface area is 121 Å². The lowest BCUT2D eigenvalue weighted by molar-refractivity contribution is -0.0957. The quantitative estimate of drug-likeness (QED) is 0.554. The molecule has 1 heterocycles. The van der Waals surface area contributed by atoms with Crippen molar-refractivity contribution < 1.29 is 22.4 Å². The Balaban J connectivity index is 2.17. The van der Waals surface area contributed by atoms with Crippen LogP contribution in [0.25, 0.3) is 0 Å². The van der Waals surface area contributed by atoms with Gasteiger partial charge in [-0.3, -0.25) is 4.79 Å². The first kappa shape index (κ1) is 15.0. The third-order valence-electron chi connectivity index (χ3n) is 3.02. The van der Waals surface area contributed by atoms with Crippen molar-refractivity contribution in [1.82, 2.24) is 4.90 Å². The molecule has 0 aliphatic carbocycles. The Morgan fingerprint density at radius 1 is 1.30 bits per heavy atom. The van der Waals surface area contributed by atoms with Gasteiger partial charge in [0, 0.05) is 23.1 Å². The molecular weight excluding hydrogens is 342 g/mol. The predicted molar refractivity (Wildman–Crippen MR) is 68.8 cm³/mol. The summed E-state index contributed by atoms with van der Waals surface area (Å²) in [4.78, 5) is 13.4. The molecule has 1 amide bonds. The maximum absolute atomic E-state index is 13.1. The molecular formula is C13H10BrF4NO. The largest absolute Gasteiger partial charge is 0.412 e. The lowest BCUT2D eigenvalue weighted by atomic mass is 10.1. The van der Waals surface area contributed by atoms with Crippen LogP contribution in [0.5, 0.6) is 0 Å². The van der Waals surface area contributed by atoms with E-state index in [0.29, 0.717) is 4.47 Å². The maximum atomic E-state index is 13.1. The summed E-state index contributed by atoms with van der Waals surface area (Å²) in [5.74, 6) is -1.06. The minimum atomic E-state index is -4.35. The fourth-order valence-corrected chi connectivity index (χ4v) is 2.36. The third-order valence-corrected chi connectivity index (χ3v) is 3.71. The fourth-order valence-electron chi connectivity index (χ4n) is 1.94. The lowest BCUT2D eigenvalue weighted by Gasteiger charge is -2.27. The molecule has 2 nitrogen and oxygen atoms in total. The smallest absolute Gasteiger partial charge is 0.335 e. The molecule has 1 aliphatic heterocycles. The van der Waals surface area contributed by atoms with Gasteiger partial charge in [-0.2, -0.15) is 13.2 Å². The minimum absolute atomic E-state index is 0.0346. The van der Waals surface area contributed by atoms with E-state index in [2.05, 4.69) is 15.9 Å². The molecule has 0 fully saturated rings. The summed E-state index contributed by atoms with van der Waals surface area (Å²) in [6, 6.07) is 3.65. The second-order valence-corrected chi connectivity index (χ2v) is 5.21. The van der Waals surface area contributed by atoms with E-state index in [1.54, 1.807) is 0 Å². The van der Waals surface area contributed by atoms with Crippen LogP contribution in [0.2, 0.25) is 0 Å². The van der Waals surface area contributed by atoms with Gasteiger partial charge in [-0.15, -0.1) is 0 Å². The van der Waals surface area contributed by atoms with Crippen LogP contribution in [0.4, 0.5) is 17.6 Å². The van der Waals surface area contributed by atoms with Crippen LogP contribution >= 0.6 is 15.9 Å². The van der Waals surface area contributed by atoms with E-state index in [4.69, 9.17) is 0 Å². The zero-order valence-corrected chi connectivity index (χ0v) is 11.8. The van der Waals surface area contributed by atoms with Crippen LogP contribution in [-0.4, -0.2) is 30.1 Å². The molecule has 2 rings (SSSR count). The Kier molecular flexibility index (Phi) is 4.17. The van der Waals surface area contributed by atoms with E-state index >= 15 is 0 Å². The van der Waals surface area contributed by atoms with Crippen LogP contribution in [0.15, 0.2) is 34.3 Å². The number of hydrogen-bond acceptors (Lipinski definition) is 1. The molecule has 0 unspecified atom stereocenters. The lowest BCUT2D eigenvalue weighted by Crippen LogP contribution is -2.37. The van der Waals surface area contributed by atoms with Gasteiger partial charge in [-0.25, -0.2) is 4.39 Å². The number of halogens is 5. The van der Waals surface area contributed by atoms with Crippen molar-refractivity contribution in [2.24, 2.45) is 0 Å². The third kappa shape index (κ3) is 3.20.